The molecule has 1 aromatic heterocycles. The van der Waals surface area contributed by atoms with Gasteiger partial charge in [-0.25, -0.2) is 0 Å². The van der Waals surface area contributed by atoms with Gasteiger partial charge in [-0.3, -0.25) is 0 Å². The summed E-state index contributed by atoms with van der Waals surface area (Å²) in [5.74, 6) is 0. The Kier molecular flexibility index (Phi) is 5.83. The molecule has 2 aromatic carbocycles. The van der Waals surface area contributed by atoms with E-state index in [1.165, 1.54) is 4.70 Å². The summed E-state index contributed by atoms with van der Waals surface area (Å²) in [6, 6.07) is 18.4. The molecule has 0 aliphatic heterocycles. The number of para-hydroxylation sites is 1. The van der Waals surface area contributed by atoms with Gasteiger partial charge in [-0.2, -0.15) is 5.10 Å². The molecule has 0 aliphatic rings. The molecule has 3 rings (SSSR count). The first-order chi connectivity index (χ1) is 12.1. The number of hydrogen-bond donors (Lipinski definition) is 0. The number of fused-ring (bicyclic) bond motifs is 1. The van der Waals surface area contributed by atoms with Gasteiger partial charge in [0.1, 0.15) is 6.10 Å². The van der Waals surface area contributed by atoms with Crippen molar-refractivity contribution in [2.75, 3.05) is 7.11 Å². The number of thiazole rings is 1. The molecule has 3 aromatic rings. The molecule has 1 heterocycles. The largest absolute Gasteiger partial charge is 0.374 e. The Balaban J connectivity index is 1.92. The Labute approximate surface area is 159 Å². The third kappa shape index (κ3) is 3.92. The van der Waals surface area contributed by atoms with E-state index in [0.29, 0.717) is 0 Å². The molecule has 4 nitrogen and oxygen atoms in total. The average Bonchev–Trinajstić information content (AvgIpc) is 2.97. The van der Waals surface area contributed by atoms with Gasteiger partial charge >= 0.3 is 0 Å². The highest BCUT2D eigenvalue weighted by atomic mass is 79.9. The molecule has 25 heavy (non-hydrogen) atoms. The van der Waals surface area contributed by atoms with E-state index < -0.39 is 0 Å². The van der Waals surface area contributed by atoms with E-state index in [9.17, 15) is 0 Å². The van der Waals surface area contributed by atoms with Gasteiger partial charge < -0.3 is 9.30 Å². The summed E-state index contributed by atoms with van der Waals surface area (Å²) >= 11 is 5.36. The number of benzene rings is 2. The number of nitrogens with zero attached hydrogens (tertiary/aromatic N) is 3. The summed E-state index contributed by atoms with van der Waals surface area (Å²) in [6.07, 6.45) is -0.189. The van der Waals surface area contributed by atoms with E-state index in [2.05, 4.69) is 55.0 Å². The molecule has 0 aliphatic carbocycles. The summed E-state index contributed by atoms with van der Waals surface area (Å²) in [6.45, 7) is 1.95. The van der Waals surface area contributed by atoms with Crippen molar-refractivity contribution in [3.8, 4) is 0 Å². The van der Waals surface area contributed by atoms with Crippen LogP contribution in [0.5, 0.6) is 0 Å². The summed E-state index contributed by atoms with van der Waals surface area (Å²) in [5, 5.41) is 8.90. The topological polar surface area (TPSA) is 38.9 Å². The van der Waals surface area contributed by atoms with Crippen LogP contribution in [-0.4, -0.2) is 23.5 Å². The Morgan fingerprint density at radius 2 is 1.80 bits per heavy atom. The van der Waals surface area contributed by atoms with E-state index in [0.717, 1.165) is 21.6 Å². The van der Waals surface area contributed by atoms with Crippen LogP contribution in [-0.2, 0) is 11.8 Å². The molecule has 0 bridgehead atoms. The smallest absolute Gasteiger partial charge is 0.211 e. The zero-order valence-corrected chi connectivity index (χ0v) is 16.8. The molecule has 0 N–H and O–H groups in total. The number of aromatic nitrogens is 1. The lowest BCUT2D eigenvalue weighted by Crippen LogP contribution is -2.25. The first-order valence-corrected chi connectivity index (χ1v) is 9.69. The van der Waals surface area contributed by atoms with Crippen LogP contribution in [0.3, 0.4) is 0 Å². The third-order valence-corrected chi connectivity index (χ3v) is 6.17. The van der Waals surface area contributed by atoms with Crippen LogP contribution in [0.1, 0.15) is 17.3 Å². The lowest BCUT2D eigenvalue weighted by Gasteiger charge is -2.20. The van der Waals surface area contributed by atoms with Crippen LogP contribution >= 0.6 is 27.3 Å². The van der Waals surface area contributed by atoms with Gasteiger partial charge in [0.05, 0.1) is 20.8 Å². The van der Waals surface area contributed by atoms with Crippen LogP contribution in [0.4, 0.5) is 0 Å². The lowest BCUT2D eigenvalue weighted by atomic mass is 10.1. The molecule has 130 valence electrons. The van der Waals surface area contributed by atoms with Crippen LogP contribution in [0.15, 0.2) is 64.8 Å². The van der Waals surface area contributed by atoms with E-state index in [-0.39, 0.29) is 10.9 Å². The summed E-state index contributed by atoms with van der Waals surface area (Å²) in [5.41, 5.74) is 3.13. The van der Waals surface area contributed by atoms with Gasteiger partial charge in [-0.15, -0.1) is 5.10 Å². The van der Waals surface area contributed by atoms with Gasteiger partial charge in [0.25, 0.3) is 0 Å². The predicted molar refractivity (Wildman–Crippen MR) is 108 cm³/mol. The second kappa shape index (κ2) is 8.08. The maximum atomic E-state index is 5.66. The van der Waals surface area contributed by atoms with Gasteiger partial charge in [0.15, 0.2) is 0 Å². The van der Waals surface area contributed by atoms with Crippen molar-refractivity contribution in [1.29, 1.82) is 0 Å². The van der Waals surface area contributed by atoms with Gasteiger partial charge in [0.2, 0.25) is 4.80 Å². The molecule has 0 spiro atoms. The van der Waals surface area contributed by atoms with Crippen molar-refractivity contribution in [2.24, 2.45) is 17.3 Å². The Morgan fingerprint density at radius 1 is 1.12 bits per heavy atom. The molecule has 0 saturated heterocycles. The second-order valence-electron chi connectivity index (χ2n) is 5.72. The first kappa shape index (κ1) is 18.0. The maximum absolute atomic E-state index is 5.66. The predicted octanol–water partition coefficient (Wildman–Crippen LogP) is 4.67. The number of halogens is 1. The fourth-order valence-corrected chi connectivity index (χ4v) is 4.54. The first-order valence-electron chi connectivity index (χ1n) is 7.96. The summed E-state index contributed by atoms with van der Waals surface area (Å²) in [4.78, 5) is 0.884. The normalized spacial score (nSPS) is 15.5. The number of methoxy groups -OCH3 is 1. The quantitative estimate of drug-likeness (QED) is 0.337. The van der Waals surface area contributed by atoms with Gasteiger partial charge in [-0.05, 0) is 24.6 Å². The van der Waals surface area contributed by atoms with Crippen molar-refractivity contribution in [2.45, 2.75) is 17.9 Å². The highest BCUT2D eigenvalue weighted by Gasteiger charge is 2.23. The number of aryl methyl sites for hydroxylation is 1. The molecule has 0 radical (unpaired) electrons. The number of rotatable bonds is 5. The van der Waals surface area contributed by atoms with Crippen molar-refractivity contribution in [3.05, 3.63) is 65.0 Å². The van der Waals surface area contributed by atoms with Crippen LogP contribution in [0.2, 0.25) is 0 Å². The monoisotopic (exact) mass is 417 g/mol. The molecule has 0 saturated carbocycles. The fourth-order valence-electron chi connectivity index (χ4n) is 2.67. The molecular weight excluding hydrogens is 398 g/mol. The summed E-state index contributed by atoms with van der Waals surface area (Å²) in [7, 11) is 3.70. The molecule has 2 atom stereocenters. The van der Waals surface area contributed by atoms with Gasteiger partial charge in [0, 0.05) is 14.2 Å². The van der Waals surface area contributed by atoms with Gasteiger partial charge in [-0.1, -0.05) is 69.7 Å². The standard InChI is InChI=1S/C19H20BrN3OS/c1-13(18(24-3)17(20)14-9-5-4-6-10-14)21-22-19-23(2)15-11-7-8-12-16(15)25-19/h4-12,17-18H,1-3H3/b21-13+,22-19+. The minimum absolute atomic E-state index is 0.0220. The molecule has 6 heteroatoms. The van der Waals surface area contributed by atoms with Crippen LogP contribution in [0, 0.1) is 0 Å². The lowest BCUT2D eigenvalue weighted by molar-refractivity contribution is 0.154. The van der Waals surface area contributed by atoms with E-state index >= 15 is 0 Å². The van der Waals surface area contributed by atoms with Crippen molar-refractivity contribution in [3.63, 3.8) is 0 Å². The zero-order valence-electron chi connectivity index (χ0n) is 14.4. The number of hydrogen-bond acceptors (Lipinski definition) is 4. The highest BCUT2D eigenvalue weighted by Crippen LogP contribution is 2.29. The number of ether oxygens (including phenoxy) is 1. The Hall–Kier alpha value is -1.76. The SMILES string of the molecule is COC(/C(C)=N/N=c1/sc2ccccc2n1C)C(Br)c1ccccc1. The van der Waals surface area contributed by atoms with Crippen molar-refractivity contribution >= 4 is 43.2 Å². The third-order valence-electron chi connectivity index (χ3n) is 4.06. The zero-order chi connectivity index (χ0) is 17.8. The molecule has 2 unspecified atom stereocenters. The molecule has 0 fully saturated rings. The van der Waals surface area contributed by atoms with E-state index in [4.69, 9.17) is 4.74 Å². The van der Waals surface area contributed by atoms with Crippen LogP contribution < -0.4 is 4.80 Å². The van der Waals surface area contributed by atoms with Crippen molar-refractivity contribution < 1.29 is 4.74 Å². The molecule has 0 amide bonds. The Morgan fingerprint density at radius 3 is 2.48 bits per heavy atom. The number of alkyl halides is 1. The highest BCUT2D eigenvalue weighted by molar-refractivity contribution is 9.09. The maximum Gasteiger partial charge on any atom is 0.211 e. The second-order valence-corrected chi connectivity index (χ2v) is 7.72. The fraction of sp³-hybridized carbons (Fsp3) is 0.263. The minimum atomic E-state index is -0.189. The summed E-state index contributed by atoms with van der Waals surface area (Å²) < 4.78 is 8.92. The van der Waals surface area contributed by atoms with Crippen LogP contribution in [0.25, 0.3) is 10.2 Å². The average molecular weight is 418 g/mol. The van der Waals surface area contributed by atoms with Crippen molar-refractivity contribution in [1.82, 2.24) is 4.57 Å². The minimum Gasteiger partial charge on any atom is -0.374 e. The Bertz CT molecular complexity index is 946. The molecular formula is C19H20BrN3OS. The van der Waals surface area contributed by atoms with E-state index in [1.807, 2.05) is 44.3 Å². The van der Waals surface area contributed by atoms with E-state index in [1.54, 1.807) is 18.4 Å².